The first-order valence-corrected chi connectivity index (χ1v) is 8.73. The number of carbonyl (C=O) groups is 1. The van der Waals surface area contributed by atoms with Gasteiger partial charge in [-0.25, -0.2) is 0 Å². The van der Waals surface area contributed by atoms with Crippen molar-refractivity contribution in [3.05, 3.63) is 57.8 Å². The average molecular weight is 329 g/mol. The molecule has 1 amide bonds. The Morgan fingerprint density at radius 1 is 1.27 bits per heavy atom. The summed E-state index contributed by atoms with van der Waals surface area (Å²) in [6.45, 7) is 2.60. The van der Waals surface area contributed by atoms with E-state index < -0.39 is 0 Å². The summed E-state index contributed by atoms with van der Waals surface area (Å²) in [6.07, 6.45) is 1.72. The number of carbonyl (C=O) groups excluding carboxylic acids is 1. The van der Waals surface area contributed by atoms with Gasteiger partial charge in [-0.15, -0.1) is 16.4 Å². The number of hydrogen-bond acceptors (Lipinski definition) is 5. The lowest BCUT2D eigenvalue weighted by atomic mass is 10.1. The molecule has 3 rings (SSSR count). The van der Waals surface area contributed by atoms with Crippen LogP contribution in [0.15, 0.2) is 52.0 Å². The summed E-state index contributed by atoms with van der Waals surface area (Å²) < 4.78 is 0. The predicted octanol–water partition coefficient (Wildman–Crippen LogP) is 3.52. The smallest absolute Gasteiger partial charge is 0.239 e. The monoisotopic (exact) mass is 329 g/mol. The summed E-state index contributed by atoms with van der Waals surface area (Å²) in [5.41, 5.74) is 2.31. The average Bonchev–Trinajstić information content (AvgIpc) is 3.14. The second-order valence-electron chi connectivity index (χ2n) is 4.84. The van der Waals surface area contributed by atoms with Crippen molar-refractivity contribution in [2.45, 2.75) is 13.5 Å². The summed E-state index contributed by atoms with van der Waals surface area (Å²) in [5, 5.41) is 11.0. The Morgan fingerprint density at radius 2 is 2.14 bits per heavy atom. The van der Waals surface area contributed by atoms with E-state index in [0.29, 0.717) is 17.5 Å². The van der Waals surface area contributed by atoms with Gasteiger partial charge in [0.15, 0.2) is 5.17 Å². The summed E-state index contributed by atoms with van der Waals surface area (Å²) in [7, 11) is 0. The number of thiophene rings is 1. The molecule has 0 spiro atoms. The minimum Gasteiger partial charge on any atom is -0.285 e. The maximum absolute atomic E-state index is 12.1. The molecule has 4 nitrogen and oxygen atoms in total. The number of aryl methyl sites for hydroxylation is 1. The fourth-order valence-electron chi connectivity index (χ4n) is 2.09. The van der Waals surface area contributed by atoms with Gasteiger partial charge < -0.3 is 0 Å². The van der Waals surface area contributed by atoms with Gasteiger partial charge in [-0.3, -0.25) is 9.69 Å². The van der Waals surface area contributed by atoms with Crippen LogP contribution >= 0.6 is 23.1 Å². The first-order valence-electron chi connectivity index (χ1n) is 6.86. The zero-order valence-electron chi connectivity index (χ0n) is 12.1. The highest BCUT2D eigenvalue weighted by Gasteiger charge is 2.28. The van der Waals surface area contributed by atoms with Gasteiger partial charge >= 0.3 is 0 Å². The second kappa shape index (κ2) is 6.89. The lowest BCUT2D eigenvalue weighted by Gasteiger charge is -2.16. The third-order valence-corrected chi connectivity index (χ3v) is 5.08. The molecule has 1 aromatic heterocycles. The van der Waals surface area contributed by atoms with Crippen LogP contribution in [0.4, 0.5) is 0 Å². The van der Waals surface area contributed by atoms with E-state index in [9.17, 15) is 4.79 Å². The number of benzene rings is 1. The molecule has 0 unspecified atom stereocenters. The highest BCUT2D eigenvalue weighted by atomic mass is 32.2. The normalized spacial score (nSPS) is 17.0. The lowest BCUT2D eigenvalue weighted by Crippen LogP contribution is -2.29. The van der Waals surface area contributed by atoms with Crippen LogP contribution in [-0.4, -0.2) is 27.9 Å². The van der Waals surface area contributed by atoms with Crippen LogP contribution < -0.4 is 0 Å². The molecule has 112 valence electrons. The molecular formula is C16H15N3OS2. The first-order chi connectivity index (χ1) is 10.7. The molecule has 1 saturated heterocycles. The minimum atomic E-state index is 0.0818. The topological polar surface area (TPSA) is 45.0 Å². The van der Waals surface area contributed by atoms with Crippen LogP contribution in [0.2, 0.25) is 0 Å². The van der Waals surface area contributed by atoms with Crippen molar-refractivity contribution in [1.82, 2.24) is 4.90 Å². The van der Waals surface area contributed by atoms with E-state index in [1.165, 1.54) is 17.3 Å². The first kappa shape index (κ1) is 15.0. The zero-order valence-corrected chi connectivity index (χ0v) is 13.7. The molecule has 22 heavy (non-hydrogen) atoms. The van der Waals surface area contributed by atoms with Crippen molar-refractivity contribution < 1.29 is 4.79 Å². The number of amidine groups is 1. The highest BCUT2D eigenvalue weighted by Crippen LogP contribution is 2.23. The Kier molecular flexibility index (Phi) is 4.70. The molecule has 1 aliphatic heterocycles. The molecule has 0 N–H and O–H groups in total. The van der Waals surface area contributed by atoms with E-state index in [2.05, 4.69) is 23.2 Å². The number of amides is 1. The number of rotatable bonds is 4. The van der Waals surface area contributed by atoms with Gasteiger partial charge in [0.1, 0.15) is 0 Å². The molecule has 2 heterocycles. The standard InChI is InChI=1S/C16H15N3OS2/c1-12-5-2-3-6-13(12)10-19-15(20)11-22-16(19)18-17-9-14-7-4-8-21-14/h2-9H,10-11H2,1H3/b17-9+,18-16+. The van der Waals surface area contributed by atoms with Gasteiger partial charge in [-0.05, 0) is 29.5 Å². The summed E-state index contributed by atoms with van der Waals surface area (Å²) in [6, 6.07) is 12.0. The number of thioether (sulfide) groups is 1. The Balaban J connectivity index is 1.76. The summed E-state index contributed by atoms with van der Waals surface area (Å²) >= 11 is 3.04. The van der Waals surface area contributed by atoms with E-state index in [0.717, 1.165) is 10.4 Å². The maximum Gasteiger partial charge on any atom is 0.239 e. The molecule has 1 fully saturated rings. The highest BCUT2D eigenvalue weighted by molar-refractivity contribution is 8.15. The SMILES string of the molecule is Cc1ccccc1CN1C(=O)CS/C1=N/N=C/c1cccs1. The van der Waals surface area contributed by atoms with Gasteiger partial charge in [-0.2, -0.15) is 5.10 Å². The maximum atomic E-state index is 12.1. The molecular weight excluding hydrogens is 314 g/mol. The van der Waals surface area contributed by atoms with Crippen molar-refractivity contribution in [1.29, 1.82) is 0 Å². The van der Waals surface area contributed by atoms with Gasteiger partial charge in [0.25, 0.3) is 0 Å². The quantitative estimate of drug-likeness (QED) is 0.636. The fraction of sp³-hybridized carbons (Fsp3) is 0.188. The van der Waals surface area contributed by atoms with E-state index in [1.54, 1.807) is 22.5 Å². The molecule has 0 saturated carbocycles. The molecule has 2 aromatic rings. The Bertz CT molecular complexity index is 723. The summed E-state index contributed by atoms with van der Waals surface area (Å²) in [5.74, 6) is 0.512. The van der Waals surface area contributed by atoms with E-state index in [-0.39, 0.29) is 5.91 Å². The van der Waals surface area contributed by atoms with Crippen molar-refractivity contribution in [2.24, 2.45) is 10.2 Å². The van der Waals surface area contributed by atoms with Gasteiger partial charge in [0.2, 0.25) is 5.91 Å². The molecule has 0 aliphatic carbocycles. The molecule has 0 bridgehead atoms. The zero-order chi connectivity index (χ0) is 15.4. The van der Waals surface area contributed by atoms with Crippen LogP contribution in [0.5, 0.6) is 0 Å². The van der Waals surface area contributed by atoms with Crippen molar-refractivity contribution in [2.75, 3.05) is 5.75 Å². The van der Waals surface area contributed by atoms with Crippen LogP contribution in [0.3, 0.4) is 0 Å². The summed E-state index contributed by atoms with van der Waals surface area (Å²) in [4.78, 5) is 14.8. The molecule has 1 aromatic carbocycles. The lowest BCUT2D eigenvalue weighted by molar-refractivity contribution is -0.124. The predicted molar refractivity (Wildman–Crippen MR) is 93.5 cm³/mol. The molecule has 6 heteroatoms. The second-order valence-corrected chi connectivity index (χ2v) is 6.76. The van der Waals surface area contributed by atoms with E-state index in [1.807, 2.05) is 35.7 Å². The Hall–Kier alpha value is -1.92. The van der Waals surface area contributed by atoms with E-state index >= 15 is 0 Å². The third kappa shape index (κ3) is 3.45. The Labute approximate surface area is 137 Å². The van der Waals surface area contributed by atoms with Crippen LogP contribution in [-0.2, 0) is 11.3 Å². The number of nitrogens with zero attached hydrogens (tertiary/aromatic N) is 3. The van der Waals surface area contributed by atoms with Crippen molar-refractivity contribution in [3.8, 4) is 0 Å². The van der Waals surface area contributed by atoms with Gasteiger partial charge in [0.05, 0.1) is 18.5 Å². The minimum absolute atomic E-state index is 0.0818. The van der Waals surface area contributed by atoms with Crippen molar-refractivity contribution in [3.63, 3.8) is 0 Å². The van der Waals surface area contributed by atoms with Gasteiger partial charge in [0, 0.05) is 4.88 Å². The van der Waals surface area contributed by atoms with Crippen LogP contribution in [0.1, 0.15) is 16.0 Å². The van der Waals surface area contributed by atoms with Crippen LogP contribution in [0.25, 0.3) is 0 Å². The van der Waals surface area contributed by atoms with Crippen LogP contribution in [0, 0.1) is 6.92 Å². The molecule has 0 atom stereocenters. The Morgan fingerprint density at radius 3 is 2.91 bits per heavy atom. The van der Waals surface area contributed by atoms with Gasteiger partial charge in [-0.1, -0.05) is 42.1 Å². The molecule has 1 aliphatic rings. The fourth-order valence-corrected chi connectivity index (χ4v) is 3.50. The van der Waals surface area contributed by atoms with Crippen molar-refractivity contribution >= 4 is 40.4 Å². The third-order valence-electron chi connectivity index (χ3n) is 3.32. The van der Waals surface area contributed by atoms with E-state index in [4.69, 9.17) is 0 Å². The number of hydrogen-bond donors (Lipinski definition) is 0. The largest absolute Gasteiger partial charge is 0.285 e. The molecule has 0 radical (unpaired) electrons.